The molecule has 0 bridgehead atoms. The standard InChI is InChI=1S/C11H18N4O2S/c1-2-12-10-6-11(14-8-13-10)15-9-4-3-5-18(16,17)7-9/h6,8-9H,2-5,7H2,1H3,(H2,12,13,14,15). The Labute approximate surface area is 107 Å². The molecule has 0 aromatic carbocycles. The van der Waals surface area contributed by atoms with Gasteiger partial charge in [-0.05, 0) is 19.8 Å². The van der Waals surface area contributed by atoms with Crippen LogP contribution in [0.2, 0.25) is 0 Å². The molecule has 0 amide bonds. The minimum Gasteiger partial charge on any atom is -0.370 e. The van der Waals surface area contributed by atoms with E-state index in [0.29, 0.717) is 18.0 Å². The lowest BCUT2D eigenvalue weighted by Gasteiger charge is -2.23. The van der Waals surface area contributed by atoms with Crippen molar-refractivity contribution in [2.45, 2.75) is 25.8 Å². The maximum atomic E-state index is 11.5. The maximum Gasteiger partial charge on any atom is 0.152 e. The highest BCUT2D eigenvalue weighted by Crippen LogP contribution is 2.17. The summed E-state index contributed by atoms with van der Waals surface area (Å²) in [7, 11) is -2.89. The number of aromatic nitrogens is 2. The van der Waals surface area contributed by atoms with Crippen LogP contribution in [0.15, 0.2) is 12.4 Å². The van der Waals surface area contributed by atoms with Crippen molar-refractivity contribution < 1.29 is 8.42 Å². The van der Waals surface area contributed by atoms with E-state index < -0.39 is 9.84 Å². The summed E-state index contributed by atoms with van der Waals surface area (Å²) in [6.07, 6.45) is 3.04. The minimum atomic E-state index is -2.89. The fourth-order valence-electron chi connectivity index (χ4n) is 2.06. The summed E-state index contributed by atoms with van der Waals surface area (Å²) in [5.74, 6) is 1.90. The Hall–Kier alpha value is -1.37. The van der Waals surface area contributed by atoms with Gasteiger partial charge in [-0.2, -0.15) is 0 Å². The van der Waals surface area contributed by atoms with Crippen LogP contribution in [0.1, 0.15) is 19.8 Å². The van der Waals surface area contributed by atoms with Gasteiger partial charge in [-0.15, -0.1) is 0 Å². The van der Waals surface area contributed by atoms with Crippen LogP contribution in [0.3, 0.4) is 0 Å². The van der Waals surface area contributed by atoms with Crippen LogP contribution >= 0.6 is 0 Å². The molecule has 0 radical (unpaired) electrons. The summed E-state index contributed by atoms with van der Waals surface area (Å²) in [4.78, 5) is 8.18. The molecule has 100 valence electrons. The number of hydrogen-bond donors (Lipinski definition) is 2. The largest absolute Gasteiger partial charge is 0.370 e. The molecule has 1 aromatic rings. The molecule has 2 heterocycles. The average molecular weight is 270 g/mol. The van der Waals surface area contributed by atoms with Crippen LogP contribution in [0, 0.1) is 0 Å². The van der Waals surface area contributed by atoms with Gasteiger partial charge in [0.05, 0.1) is 11.5 Å². The van der Waals surface area contributed by atoms with Crippen molar-refractivity contribution in [1.82, 2.24) is 9.97 Å². The highest BCUT2D eigenvalue weighted by Gasteiger charge is 2.24. The van der Waals surface area contributed by atoms with Crippen LogP contribution < -0.4 is 10.6 Å². The van der Waals surface area contributed by atoms with Gasteiger partial charge in [0.2, 0.25) is 0 Å². The highest BCUT2D eigenvalue weighted by atomic mass is 32.2. The average Bonchev–Trinajstić information content (AvgIpc) is 2.28. The van der Waals surface area contributed by atoms with Gasteiger partial charge in [0.15, 0.2) is 9.84 Å². The Kier molecular flexibility index (Phi) is 4.00. The number of anilines is 2. The van der Waals surface area contributed by atoms with Gasteiger partial charge in [0, 0.05) is 18.7 Å². The van der Waals surface area contributed by atoms with E-state index in [1.165, 1.54) is 6.33 Å². The van der Waals surface area contributed by atoms with Crippen molar-refractivity contribution >= 4 is 21.5 Å². The van der Waals surface area contributed by atoms with Crippen LogP contribution in [0.4, 0.5) is 11.6 Å². The van der Waals surface area contributed by atoms with Gasteiger partial charge in [0.1, 0.15) is 18.0 Å². The first kappa shape index (κ1) is 13.1. The molecule has 0 saturated carbocycles. The second-order valence-electron chi connectivity index (χ2n) is 4.42. The van der Waals surface area contributed by atoms with E-state index in [4.69, 9.17) is 0 Å². The van der Waals surface area contributed by atoms with Crippen molar-refractivity contribution in [3.05, 3.63) is 12.4 Å². The first-order valence-corrected chi connectivity index (χ1v) is 7.94. The van der Waals surface area contributed by atoms with Gasteiger partial charge >= 0.3 is 0 Å². The van der Waals surface area contributed by atoms with E-state index in [0.717, 1.165) is 18.8 Å². The fourth-order valence-corrected chi connectivity index (χ4v) is 3.70. The predicted molar refractivity (Wildman–Crippen MR) is 71.5 cm³/mol. The first-order valence-electron chi connectivity index (χ1n) is 6.12. The summed E-state index contributed by atoms with van der Waals surface area (Å²) in [5.41, 5.74) is 0. The fraction of sp³-hybridized carbons (Fsp3) is 0.636. The molecule has 2 N–H and O–H groups in total. The molecule has 1 aliphatic heterocycles. The molecule has 1 atom stereocenters. The zero-order chi connectivity index (χ0) is 13.0. The smallest absolute Gasteiger partial charge is 0.152 e. The third-order valence-corrected chi connectivity index (χ3v) is 4.66. The molecule has 7 heteroatoms. The number of hydrogen-bond acceptors (Lipinski definition) is 6. The van der Waals surface area contributed by atoms with Crippen LogP contribution in [-0.2, 0) is 9.84 Å². The number of sulfone groups is 1. The highest BCUT2D eigenvalue weighted by molar-refractivity contribution is 7.91. The number of rotatable bonds is 4. The van der Waals surface area contributed by atoms with Crippen molar-refractivity contribution in [3.63, 3.8) is 0 Å². The molecule has 18 heavy (non-hydrogen) atoms. The zero-order valence-electron chi connectivity index (χ0n) is 10.4. The molecule has 0 spiro atoms. The maximum absolute atomic E-state index is 11.5. The molecule has 6 nitrogen and oxygen atoms in total. The summed E-state index contributed by atoms with van der Waals surface area (Å²) in [5, 5.41) is 6.26. The third kappa shape index (κ3) is 3.56. The molecular formula is C11H18N4O2S. The van der Waals surface area contributed by atoms with E-state index in [1.807, 2.05) is 6.92 Å². The van der Waals surface area contributed by atoms with Crippen molar-refractivity contribution in [2.24, 2.45) is 0 Å². The van der Waals surface area contributed by atoms with Crippen LogP contribution in [0.5, 0.6) is 0 Å². The quantitative estimate of drug-likeness (QED) is 0.845. The molecule has 0 aliphatic carbocycles. The van der Waals surface area contributed by atoms with E-state index in [2.05, 4.69) is 20.6 Å². The first-order chi connectivity index (χ1) is 8.59. The summed E-state index contributed by atoms with van der Waals surface area (Å²) < 4.78 is 23.1. The summed E-state index contributed by atoms with van der Waals surface area (Å²) >= 11 is 0. The Morgan fingerprint density at radius 2 is 2.17 bits per heavy atom. The van der Waals surface area contributed by atoms with Gasteiger partial charge in [-0.3, -0.25) is 0 Å². The SMILES string of the molecule is CCNc1cc(NC2CCCS(=O)(=O)C2)ncn1. The van der Waals surface area contributed by atoms with Gasteiger partial charge in [-0.25, -0.2) is 18.4 Å². The lowest BCUT2D eigenvalue weighted by Crippen LogP contribution is -2.35. The molecule has 1 aliphatic rings. The zero-order valence-corrected chi connectivity index (χ0v) is 11.2. The Morgan fingerprint density at radius 1 is 1.39 bits per heavy atom. The Bertz CT molecular complexity index is 504. The molecule has 2 rings (SSSR count). The molecule has 1 unspecified atom stereocenters. The molecular weight excluding hydrogens is 252 g/mol. The van der Waals surface area contributed by atoms with E-state index in [1.54, 1.807) is 6.07 Å². The van der Waals surface area contributed by atoms with Crippen molar-refractivity contribution in [1.29, 1.82) is 0 Å². The van der Waals surface area contributed by atoms with E-state index in [-0.39, 0.29) is 11.8 Å². The molecule has 1 aromatic heterocycles. The topological polar surface area (TPSA) is 84.0 Å². The lowest BCUT2D eigenvalue weighted by molar-refractivity contribution is 0.561. The number of nitrogens with one attached hydrogen (secondary N) is 2. The summed E-state index contributed by atoms with van der Waals surface area (Å²) in [6, 6.07) is 1.75. The predicted octanol–water partition coefficient (Wildman–Crippen LogP) is 0.897. The Balaban J connectivity index is 2.02. The molecule has 1 fully saturated rings. The van der Waals surface area contributed by atoms with Crippen molar-refractivity contribution in [3.8, 4) is 0 Å². The van der Waals surface area contributed by atoms with Crippen molar-refractivity contribution in [2.75, 3.05) is 28.7 Å². The molecule has 1 saturated heterocycles. The third-order valence-electron chi connectivity index (χ3n) is 2.84. The van der Waals surface area contributed by atoms with Crippen LogP contribution in [0.25, 0.3) is 0 Å². The Morgan fingerprint density at radius 3 is 2.89 bits per heavy atom. The van der Waals surface area contributed by atoms with Crippen LogP contribution in [-0.4, -0.2) is 42.5 Å². The normalized spacial score (nSPS) is 22.4. The second-order valence-corrected chi connectivity index (χ2v) is 6.65. The minimum absolute atomic E-state index is 0.0480. The lowest BCUT2D eigenvalue weighted by atomic mass is 10.2. The van der Waals surface area contributed by atoms with Gasteiger partial charge in [0.25, 0.3) is 0 Å². The summed E-state index contributed by atoms with van der Waals surface area (Å²) in [6.45, 7) is 2.77. The van der Waals surface area contributed by atoms with E-state index >= 15 is 0 Å². The number of nitrogens with zero attached hydrogens (tertiary/aromatic N) is 2. The second kappa shape index (κ2) is 5.51. The van der Waals surface area contributed by atoms with E-state index in [9.17, 15) is 8.42 Å². The van der Waals surface area contributed by atoms with Gasteiger partial charge in [-0.1, -0.05) is 0 Å². The van der Waals surface area contributed by atoms with Gasteiger partial charge < -0.3 is 10.6 Å². The monoisotopic (exact) mass is 270 g/mol.